The Morgan fingerprint density at radius 3 is 2.52 bits per heavy atom. The molecule has 0 spiro atoms. The summed E-state index contributed by atoms with van der Waals surface area (Å²) in [7, 11) is 3.08. The SMILES string of the molecule is COc1cccc(-c2onc(-c3ccc(Cl)cc3Cl)c2CO)c1OC. The van der Waals surface area contributed by atoms with Gasteiger partial charge in [0.25, 0.3) is 0 Å². The summed E-state index contributed by atoms with van der Waals surface area (Å²) in [4.78, 5) is 0. The van der Waals surface area contributed by atoms with Gasteiger partial charge in [0.15, 0.2) is 17.3 Å². The molecule has 0 atom stereocenters. The summed E-state index contributed by atoms with van der Waals surface area (Å²) in [5.74, 6) is 1.43. The van der Waals surface area contributed by atoms with Crippen LogP contribution >= 0.6 is 23.2 Å². The van der Waals surface area contributed by atoms with Gasteiger partial charge in [0.05, 0.1) is 37.0 Å². The molecule has 2 aromatic carbocycles. The highest BCUT2D eigenvalue weighted by molar-refractivity contribution is 6.36. The topological polar surface area (TPSA) is 64.7 Å². The van der Waals surface area contributed by atoms with Crippen molar-refractivity contribution < 1.29 is 19.1 Å². The Labute approximate surface area is 154 Å². The van der Waals surface area contributed by atoms with E-state index in [-0.39, 0.29) is 6.61 Å². The first-order chi connectivity index (χ1) is 12.1. The molecule has 0 aliphatic carbocycles. The zero-order valence-corrected chi connectivity index (χ0v) is 15.1. The molecular formula is C18H15Cl2NO4. The molecule has 3 rings (SSSR count). The van der Waals surface area contributed by atoms with Crippen molar-refractivity contribution in [2.24, 2.45) is 0 Å². The third kappa shape index (κ3) is 3.18. The van der Waals surface area contributed by atoms with Crippen LogP contribution in [-0.4, -0.2) is 24.5 Å². The zero-order chi connectivity index (χ0) is 18.0. The van der Waals surface area contributed by atoms with Crippen molar-refractivity contribution >= 4 is 23.2 Å². The van der Waals surface area contributed by atoms with Crippen molar-refractivity contribution in [3.05, 3.63) is 52.0 Å². The summed E-state index contributed by atoms with van der Waals surface area (Å²) in [6.45, 7) is -0.284. The number of hydrogen-bond donors (Lipinski definition) is 1. The molecule has 0 saturated heterocycles. The second-order valence-electron chi connectivity index (χ2n) is 5.16. The molecule has 1 aromatic heterocycles. The van der Waals surface area contributed by atoms with E-state index in [4.69, 9.17) is 37.2 Å². The van der Waals surface area contributed by atoms with Gasteiger partial charge in [-0.3, -0.25) is 0 Å². The van der Waals surface area contributed by atoms with E-state index in [2.05, 4.69) is 5.16 Å². The Morgan fingerprint density at radius 2 is 1.88 bits per heavy atom. The number of aliphatic hydroxyl groups is 1. The van der Waals surface area contributed by atoms with Crippen LogP contribution in [0.1, 0.15) is 5.56 Å². The third-order valence-corrected chi connectivity index (χ3v) is 4.33. The van der Waals surface area contributed by atoms with Gasteiger partial charge in [-0.05, 0) is 30.3 Å². The summed E-state index contributed by atoms with van der Waals surface area (Å²) in [5, 5.41) is 14.9. The van der Waals surface area contributed by atoms with Crippen molar-refractivity contribution in [1.82, 2.24) is 5.16 Å². The number of nitrogens with zero attached hydrogens (tertiary/aromatic N) is 1. The maximum Gasteiger partial charge on any atom is 0.176 e. The maximum atomic E-state index is 9.91. The molecule has 25 heavy (non-hydrogen) atoms. The molecular weight excluding hydrogens is 365 g/mol. The van der Waals surface area contributed by atoms with Gasteiger partial charge in [-0.2, -0.15) is 0 Å². The van der Waals surface area contributed by atoms with Gasteiger partial charge in [0, 0.05) is 10.6 Å². The first-order valence-electron chi connectivity index (χ1n) is 7.36. The van der Waals surface area contributed by atoms with E-state index in [1.165, 1.54) is 7.11 Å². The Morgan fingerprint density at radius 1 is 1.08 bits per heavy atom. The molecule has 0 fully saturated rings. The van der Waals surface area contributed by atoms with Crippen LogP contribution < -0.4 is 9.47 Å². The van der Waals surface area contributed by atoms with Crippen LogP contribution in [0.25, 0.3) is 22.6 Å². The molecule has 7 heteroatoms. The molecule has 0 aliphatic heterocycles. The van der Waals surface area contributed by atoms with Gasteiger partial charge in [-0.15, -0.1) is 0 Å². The van der Waals surface area contributed by atoms with Crippen molar-refractivity contribution in [3.63, 3.8) is 0 Å². The molecule has 0 saturated carbocycles. The van der Waals surface area contributed by atoms with Gasteiger partial charge in [0.1, 0.15) is 5.69 Å². The fraction of sp³-hybridized carbons (Fsp3) is 0.167. The largest absolute Gasteiger partial charge is 0.493 e. The number of rotatable bonds is 5. The fourth-order valence-corrected chi connectivity index (χ4v) is 3.12. The fourth-order valence-electron chi connectivity index (χ4n) is 2.63. The molecule has 1 N–H and O–H groups in total. The van der Waals surface area contributed by atoms with E-state index in [1.807, 2.05) is 0 Å². The minimum Gasteiger partial charge on any atom is -0.493 e. The van der Waals surface area contributed by atoms with Gasteiger partial charge in [-0.1, -0.05) is 34.4 Å². The Hall–Kier alpha value is -2.21. The van der Waals surface area contributed by atoms with Crippen LogP contribution in [0.3, 0.4) is 0 Å². The predicted octanol–water partition coefficient (Wildman–Crippen LogP) is 4.82. The van der Waals surface area contributed by atoms with Crippen LogP contribution in [0.2, 0.25) is 10.0 Å². The lowest BCUT2D eigenvalue weighted by atomic mass is 10.0. The Balaban J connectivity index is 2.19. The minimum atomic E-state index is -0.284. The molecule has 5 nitrogen and oxygen atoms in total. The van der Waals surface area contributed by atoms with Crippen LogP contribution in [0.4, 0.5) is 0 Å². The van der Waals surface area contributed by atoms with Crippen molar-refractivity contribution in [2.75, 3.05) is 14.2 Å². The standard InChI is InChI=1S/C18H15Cl2NO4/c1-23-15-5-3-4-12(18(15)24-2)17-13(9-22)16(21-25-17)11-7-6-10(19)8-14(11)20/h3-8,22H,9H2,1-2H3. The van der Waals surface area contributed by atoms with E-state index in [0.29, 0.717) is 49.7 Å². The zero-order valence-electron chi connectivity index (χ0n) is 13.5. The predicted molar refractivity (Wildman–Crippen MR) is 96.4 cm³/mol. The number of aromatic nitrogens is 1. The first-order valence-corrected chi connectivity index (χ1v) is 8.12. The van der Waals surface area contributed by atoms with E-state index in [0.717, 1.165) is 0 Å². The number of halogens is 2. The van der Waals surface area contributed by atoms with Gasteiger partial charge in [0.2, 0.25) is 0 Å². The summed E-state index contributed by atoms with van der Waals surface area (Å²) < 4.78 is 16.3. The van der Waals surface area contributed by atoms with Crippen LogP contribution in [-0.2, 0) is 6.61 Å². The Bertz CT molecular complexity index is 908. The van der Waals surface area contributed by atoms with E-state index < -0.39 is 0 Å². The third-order valence-electron chi connectivity index (χ3n) is 3.78. The summed E-state index contributed by atoms with van der Waals surface area (Å²) in [5.41, 5.74) is 2.18. The second-order valence-corrected chi connectivity index (χ2v) is 6.01. The molecule has 0 unspecified atom stereocenters. The highest BCUT2D eigenvalue weighted by Crippen LogP contribution is 2.42. The van der Waals surface area contributed by atoms with E-state index in [9.17, 15) is 5.11 Å². The molecule has 0 radical (unpaired) electrons. The first kappa shape index (κ1) is 17.6. The number of methoxy groups -OCH3 is 2. The highest BCUT2D eigenvalue weighted by Gasteiger charge is 2.23. The highest BCUT2D eigenvalue weighted by atomic mass is 35.5. The number of ether oxygens (including phenoxy) is 2. The van der Waals surface area contributed by atoms with Crippen LogP contribution in [0.15, 0.2) is 40.9 Å². The molecule has 1 heterocycles. The lowest BCUT2D eigenvalue weighted by Crippen LogP contribution is -1.95. The smallest absolute Gasteiger partial charge is 0.176 e. The second kappa shape index (κ2) is 7.35. The molecule has 0 aliphatic rings. The number of para-hydroxylation sites is 1. The van der Waals surface area contributed by atoms with E-state index >= 15 is 0 Å². The minimum absolute atomic E-state index is 0.284. The van der Waals surface area contributed by atoms with Gasteiger partial charge >= 0.3 is 0 Å². The van der Waals surface area contributed by atoms with E-state index in [1.54, 1.807) is 43.5 Å². The van der Waals surface area contributed by atoms with Crippen molar-refractivity contribution in [1.29, 1.82) is 0 Å². The lowest BCUT2D eigenvalue weighted by molar-refractivity contribution is 0.281. The van der Waals surface area contributed by atoms with Crippen LogP contribution in [0.5, 0.6) is 11.5 Å². The molecule has 0 bridgehead atoms. The molecule has 3 aromatic rings. The maximum absolute atomic E-state index is 9.91. The lowest BCUT2D eigenvalue weighted by Gasteiger charge is -2.11. The molecule has 130 valence electrons. The van der Waals surface area contributed by atoms with Crippen molar-refractivity contribution in [2.45, 2.75) is 6.61 Å². The summed E-state index contributed by atoms with van der Waals surface area (Å²) in [6.07, 6.45) is 0. The van der Waals surface area contributed by atoms with Crippen LogP contribution in [0, 0.1) is 0 Å². The monoisotopic (exact) mass is 379 g/mol. The summed E-state index contributed by atoms with van der Waals surface area (Å²) in [6, 6.07) is 10.4. The number of aliphatic hydroxyl groups excluding tert-OH is 1. The van der Waals surface area contributed by atoms with Gasteiger partial charge < -0.3 is 19.1 Å². The molecule has 0 amide bonds. The summed E-state index contributed by atoms with van der Waals surface area (Å²) >= 11 is 12.2. The quantitative estimate of drug-likeness (QED) is 0.687. The number of benzene rings is 2. The average Bonchev–Trinajstić information content (AvgIpc) is 3.04. The van der Waals surface area contributed by atoms with Crippen molar-refractivity contribution in [3.8, 4) is 34.1 Å². The normalized spacial score (nSPS) is 10.8. The Kier molecular flexibility index (Phi) is 5.18. The average molecular weight is 380 g/mol. The van der Waals surface area contributed by atoms with Gasteiger partial charge in [-0.25, -0.2) is 0 Å². The number of hydrogen-bond acceptors (Lipinski definition) is 5.